The summed E-state index contributed by atoms with van der Waals surface area (Å²) in [5.74, 6) is 1.06. The van der Waals surface area contributed by atoms with Crippen LogP contribution in [0.3, 0.4) is 0 Å². The van der Waals surface area contributed by atoms with Crippen LogP contribution in [0.1, 0.15) is 38.2 Å². The van der Waals surface area contributed by atoms with Crippen LogP contribution in [0.4, 0.5) is 5.82 Å². The molecule has 1 aliphatic heterocycles. The summed E-state index contributed by atoms with van der Waals surface area (Å²) >= 11 is 0. The number of amides is 1. The highest BCUT2D eigenvalue weighted by molar-refractivity contribution is 6.09. The third-order valence-corrected chi connectivity index (χ3v) is 5.93. The van der Waals surface area contributed by atoms with Crippen molar-refractivity contribution in [1.29, 1.82) is 0 Å². The minimum atomic E-state index is -0.559. The molecule has 1 aliphatic carbocycles. The van der Waals surface area contributed by atoms with Gasteiger partial charge in [-0.2, -0.15) is 0 Å². The van der Waals surface area contributed by atoms with E-state index >= 15 is 0 Å². The van der Waals surface area contributed by atoms with E-state index in [1.165, 1.54) is 0 Å². The Balaban J connectivity index is 1.86. The first-order valence-corrected chi connectivity index (χ1v) is 10.6. The van der Waals surface area contributed by atoms with Crippen LogP contribution >= 0.6 is 0 Å². The van der Waals surface area contributed by atoms with Crippen LogP contribution in [0.15, 0.2) is 65.1 Å². The maximum absolute atomic E-state index is 13.5. The molecule has 2 aliphatic rings. The quantitative estimate of drug-likeness (QED) is 0.742. The average Bonchev–Trinajstić information content (AvgIpc) is 2.78. The maximum Gasteiger partial charge on any atom is 0.255 e. The lowest BCUT2D eigenvalue weighted by atomic mass is 9.73. The molecule has 2 heterocycles. The van der Waals surface area contributed by atoms with E-state index in [1.807, 2.05) is 19.1 Å². The number of ketones is 1. The van der Waals surface area contributed by atoms with Gasteiger partial charge in [-0.15, -0.1) is 0 Å². The fourth-order valence-corrected chi connectivity index (χ4v) is 4.52. The number of Topliss-reactive ketones (excluding diaryl/α,β-unsaturated/α-hetero) is 1. The molecule has 0 saturated heterocycles. The van der Waals surface area contributed by atoms with Crippen molar-refractivity contribution in [1.82, 2.24) is 10.3 Å². The molecule has 166 valence electrons. The molecular weight excluding hydrogens is 406 g/mol. The summed E-state index contributed by atoms with van der Waals surface area (Å²) in [7, 11) is 3.16. The minimum Gasteiger partial charge on any atom is -0.497 e. The van der Waals surface area contributed by atoms with E-state index in [4.69, 9.17) is 9.47 Å². The van der Waals surface area contributed by atoms with Crippen molar-refractivity contribution in [3.63, 3.8) is 0 Å². The summed E-state index contributed by atoms with van der Waals surface area (Å²) in [6.07, 6.45) is 2.82. The second-order valence-corrected chi connectivity index (χ2v) is 8.20. The molecule has 2 N–H and O–H groups in total. The number of hydrogen-bond acceptors (Lipinski definition) is 6. The molecule has 0 unspecified atom stereocenters. The molecule has 2 atom stereocenters. The smallest absolute Gasteiger partial charge is 0.255 e. The van der Waals surface area contributed by atoms with Gasteiger partial charge < -0.3 is 20.1 Å². The minimum absolute atomic E-state index is 0.0461. The Morgan fingerprint density at radius 1 is 1.16 bits per heavy atom. The fraction of sp³-hybridized carbons (Fsp3) is 0.320. The monoisotopic (exact) mass is 433 g/mol. The molecule has 0 fully saturated rings. The van der Waals surface area contributed by atoms with Crippen molar-refractivity contribution in [2.75, 3.05) is 19.5 Å². The Morgan fingerprint density at radius 2 is 1.97 bits per heavy atom. The molecule has 0 spiro atoms. The Hall–Kier alpha value is -3.61. The lowest BCUT2D eigenvalue weighted by Crippen LogP contribution is -2.37. The second kappa shape index (κ2) is 8.86. The summed E-state index contributed by atoms with van der Waals surface area (Å²) in [6.45, 7) is 3.93. The molecule has 0 saturated carbocycles. The first-order chi connectivity index (χ1) is 15.4. The number of ether oxygens (including phenoxy) is 2. The number of nitrogens with zero attached hydrogens (tertiary/aromatic N) is 1. The zero-order chi connectivity index (χ0) is 22.8. The predicted molar refractivity (Wildman–Crippen MR) is 121 cm³/mol. The lowest BCUT2D eigenvalue weighted by Gasteiger charge is -2.36. The number of allylic oxidation sites excluding steroid dienone is 3. The highest BCUT2D eigenvalue weighted by Gasteiger charge is 2.41. The van der Waals surface area contributed by atoms with Crippen LogP contribution in [0, 0.1) is 5.92 Å². The zero-order valence-electron chi connectivity index (χ0n) is 18.7. The van der Waals surface area contributed by atoms with Gasteiger partial charge in [0.25, 0.3) is 5.91 Å². The van der Waals surface area contributed by atoms with Crippen LogP contribution in [0.5, 0.6) is 11.5 Å². The van der Waals surface area contributed by atoms with Gasteiger partial charge in [-0.25, -0.2) is 4.98 Å². The number of dihydropyridines is 1. The molecule has 0 radical (unpaired) electrons. The molecule has 7 nitrogen and oxygen atoms in total. The molecule has 1 aromatic carbocycles. The summed E-state index contributed by atoms with van der Waals surface area (Å²) in [4.78, 5) is 30.9. The van der Waals surface area contributed by atoms with Crippen molar-refractivity contribution < 1.29 is 19.1 Å². The Labute approximate surface area is 187 Å². The molecular formula is C25H27N3O4. The van der Waals surface area contributed by atoms with Gasteiger partial charge in [-0.05, 0) is 37.5 Å². The number of pyridine rings is 1. The number of benzene rings is 1. The van der Waals surface area contributed by atoms with E-state index in [2.05, 4.69) is 22.5 Å². The van der Waals surface area contributed by atoms with E-state index < -0.39 is 5.92 Å². The van der Waals surface area contributed by atoms with Crippen LogP contribution in [0.2, 0.25) is 0 Å². The predicted octanol–water partition coefficient (Wildman–Crippen LogP) is 3.95. The number of carbonyl (C=O) groups is 2. The number of hydrogen-bond donors (Lipinski definition) is 2. The standard InChI is InChI=1S/C25H27N3O4/c1-14-11-18-24(19(29)12-14)23(17-9-8-16(31-3)13-20(17)32-4)22(15(2)27-18)25(30)28-21-7-5-6-10-26-21/h5-10,13-14,23,27H,11-12H2,1-4H3,(H,26,28,30)/t14-,23+/m0/s1. The van der Waals surface area contributed by atoms with Crippen molar-refractivity contribution in [2.45, 2.75) is 32.6 Å². The number of rotatable bonds is 5. The number of nitrogens with one attached hydrogen (secondary N) is 2. The largest absolute Gasteiger partial charge is 0.497 e. The first-order valence-electron chi connectivity index (χ1n) is 10.6. The van der Waals surface area contributed by atoms with Gasteiger partial charge in [0.05, 0.1) is 20.1 Å². The molecule has 4 rings (SSSR count). The van der Waals surface area contributed by atoms with Crippen LogP contribution in [-0.2, 0) is 9.59 Å². The van der Waals surface area contributed by atoms with Crippen LogP contribution < -0.4 is 20.1 Å². The van der Waals surface area contributed by atoms with Crippen molar-refractivity contribution in [3.8, 4) is 11.5 Å². The number of aromatic nitrogens is 1. The van der Waals surface area contributed by atoms with E-state index in [9.17, 15) is 9.59 Å². The van der Waals surface area contributed by atoms with Gasteiger partial charge in [0, 0.05) is 46.8 Å². The van der Waals surface area contributed by atoms with Gasteiger partial charge in [0.15, 0.2) is 5.78 Å². The topological polar surface area (TPSA) is 89.5 Å². The number of methoxy groups -OCH3 is 2. The molecule has 1 amide bonds. The molecule has 32 heavy (non-hydrogen) atoms. The van der Waals surface area contributed by atoms with E-state index in [1.54, 1.807) is 44.7 Å². The van der Waals surface area contributed by atoms with Gasteiger partial charge in [-0.1, -0.05) is 19.1 Å². The Morgan fingerprint density at radius 3 is 2.66 bits per heavy atom. The van der Waals surface area contributed by atoms with Crippen molar-refractivity contribution in [3.05, 3.63) is 70.7 Å². The highest BCUT2D eigenvalue weighted by Crippen LogP contribution is 2.46. The maximum atomic E-state index is 13.5. The fourth-order valence-electron chi connectivity index (χ4n) is 4.52. The zero-order valence-corrected chi connectivity index (χ0v) is 18.7. The first kappa shape index (κ1) is 21.6. The van der Waals surface area contributed by atoms with E-state index in [0.29, 0.717) is 40.6 Å². The molecule has 1 aromatic heterocycles. The van der Waals surface area contributed by atoms with Gasteiger partial charge in [-0.3, -0.25) is 9.59 Å². The number of anilines is 1. The van der Waals surface area contributed by atoms with Gasteiger partial charge in [0.2, 0.25) is 0 Å². The summed E-state index contributed by atoms with van der Waals surface area (Å²) in [5, 5.41) is 6.22. The third-order valence-electron chi connectivity index (χ3n) is 5.93. The average molecular weight is 434 g/mol. The highest BCUT2D eigenvalue weighted by atomic mass is 16.5. The van der Waals surface area contributed by atoms with Crippen LogP contribution in [0.25, 0.3) is 0 Å². The van der Waals surface area contributed by atoms with Gasteiger partial charge in [0.1, 0.15) is 17.3 Å². The molecule has 2 aromatic rings. The van der Waals surface area contributed by atoms with Crippen molar-refractivity contribution >= 4 is 17.5 Å². The Bertz CT molecular complexity index is 1120. The lowest BCUT2D eigenvalue weighted by molar-refractivity contribution is -0.117. The molecule has 7 heteroatoms. The summed E-state index contributed by atoms with van der Waals surface area (Å²) < 4.78 is 11.0. The second-order valence-electron chi connectivity index (χ2n) is 8.20. The molecule has 0 bridgehead atoms. The van der Waals surface area contributed by atoms with Crippen LogP contribution in [-0.4, -0.2) is 30.9 Å². The SMILES string of the molecule is COc1ccc([C@@H]2C(C(=O)Nc3ccccn3)=C(C)NC3=C2C(=O)C[C@@H](C)C3)c(OC)c1. The summed E-state index contributed by atoms with van der Waals surface area (Å²) in [6, 6.07) is 10.8. The van der Waals surface area contributed by atoms with E-state index in [-0.39, 0.29) is 17.6 Å². The Kier molecular flexibility index (Phi) is 5.99. The van der Waals surface area contributed by atoms with E-state index in [0.717, 1.165) is 17.7 Å². The summed E-state index contributed by atoms with van der Waals surface area (Å²) in [5.41, 5.74) is 3.44. The van der Waals surface area contributed by atoms with Gasteiger partial charge >= 0.3 is 0 Å². The number of carbonyl (C=O) groups excluding carboxylic acids is 2. The normalized spacial score (nSPS) is 20.4. The van der Waals surface area contributed by atoms with Crippen molar-refractivity contribution in [2.24, 2.45) is 5.92 Å². The third kappa shape index (κ3) is 3.98.